The van der Waals surface area contributed by atoms with Crippen LogP contribution in [0.3, 0.4) is 0 Å². The normalized spacial score (nSPS) is 40.1. The van der Waals surface area contributed by atoms with Crippen molar-refractivity contribution in [1.82, 2.24) is 10.2 Å². The van der Waals surface area contributed by atoms with Gasteiger partial charge in [-0.1, -0.05) is 27.7 Å². The van der Waals surface area contributed by atoms with Crippen LogP contribution in [0.2, 0.25) is 0 Å². The van der Waals surface area contributed by atoms with Gasteiger partial charge in [-0.05, 0) is 24.3 Å². The lowest BCUT2D eigenvalue weighted by atomic mass is 9.76. The second kappa shape index (κ2) is 5.50. The second-order valence-corrected chi connectivity index (χ2v) is 8.28. The van der Waals surface area contributed by atoms with E-state index in [9.17, 15) is 0 Å². The van der Waals surface area contributed by atoms with E-state index in [1.165, 1.54) is 39.1 Å². The van der Waals surface area contributed by atoms with Gasteiger partial charge in [0.2, 0.25) is 0 Å². The molecule has 0 radical (unpaired) electrons. The van der Waals surface area contributed by atoms with Gasteiger partial charge in [0.15, 0.2) is 0 Å². The van der Waals surface area contributed by atoms with Crippen LogP contribution < -0.4 is 5.32 Å². The Bertz CT molecular complexity index is 239. The van der Waals surface area contributed by atoms with E-state index in [-0.39, 0.29) is 0 Å². The van der Waals surface area contributed by atoms with E-state index >= 15 is 0 Å². The summed E-state index contributed by atoms with van der Waals surface area (Å²) in [6.45, 7) is 15.9. The van der Waals surface area contributed by atoms with Crippen molar-refractivity contribution in [2.24, 2.45) is 11.3 Å². The summed E-state index contributed by atoms with van der Waals surface area (Å²) in [6.07, 6.45) is 1.36. The van der Waals surface area contributed by atoms with Gasteiger partial charge in [-0.15, -0.1) is 0 Å². The van der Waals surface area contributed by atoms with Crippen molar-refractivity contribution >= 4 is 11.8 Å². The highest BCUT2D eigenvalue weighted by Gasteiger charge is 2.39. The first-order valence-corrected chi connectivity index (χ1v) is 8.05. The van der Waals surface area contributed by atoms with Gasteiger partial charge >= 0.3 is 0 Å². The summed E-state index contributed by atoms with van der Waals surface area (Å²) < 4.78 is 0. The maximum Gasteiger partial charge on any atom is 0.0149 e. The molecule has 0 aromatic heterocycles. The first-order valence-electron chi connectivity index (χ1n) is 7.10. The van der Waals surface area contributed by atoms with E-state index in [4.69, 9.17) is 0 Å². The molecular formula is C14H28N2S. The van der Waals surface area contributed by atoms with Gasteiger partial charge in [0.1, 0.15) is 0 Å². The summed E-state index contributed by atoms with van der Waals surface area (Å²) in [5.41, 5.74) is 0.529. The summed E-state index contributed by atoms with van der Waals surface area (Å²) in [6, 6.07) is 0. The van der Waals surface area contributed by atoms with Crippen LogP contribution in [0.15, 0.2) is 0 Å². The lowest BCUT2D eigenvalue weighted by molar-refractivity contribution is 0.116. The van der Waals surface area contributed by atoms with E-state index in [1.54, 1.807) is 0 Å². The van der Waals surface area contributed by atoms with Crippen molar-refractivity contribution in [3.63, 3.8) is 0 Å². The number of nitrogens with zero attached hydrogens (tertiary/aromatic N) is 1. The predicted octanol–water partition coefficient (Wildman–Crippen LogP) is 2.45. The first kappa shape index (κ1) is 13.7. The third kappa shape index (κ3) is 3.18. The molecule has 0 spiro atoms. The Morgan fingerprint density at radius 3 is 2.41 bits per heavy atom. The maximum atomic E-state index is 3.57. The minimum atomic E-state index is 0.529. The molecule has 17 heavy (non-hydrogen) atoms. The van der Waals surface area contributed by atoms with Crippen LogP contribution in [0, 0.1) is 11.3 Å². The van der Waals surface area contributed by atoms with Gasteiger partial charge in [-0.3, -0.25) is 0 Å². The zero-order chi connectivity index (χ0) is 12.5. The van der Waals surface area contributed by atoms with Crippen LogP contribution >= 0.6 is 11.8 Å². The lowest BCUT2D eigenvalue weighted by Crippen LogP contribution is -2.48. The zero-order valence-electron chi connectivity index (χ0n) is 11.8. The molecule has 0 aliphatic carbocycles. The number of hydrogen-bond donors (Lipinski definition) is 1. The van der Waals surface area contributed by atoms with Gasteiger partial charge in [0.25, 0.3) is 0 Å². The standard InChI is InChI=1S/C14H28N2S/c1-11(2)14(5-6-15-9-14)10-16-7-12(3)17-13(4)8-16/h11-13,15H,5-10H2,1-4H3. The van der Waals surface area contributed by atoms with Crippen LogP contribution in [0.4, 0.5) is 0 Å². The maximum absolute atomic E-state index is 3.57. The fourth-order valence-corrected chi connectivity index (χ4v) is 4.82. The molecular weight excluding hydrogens is 228 g/mol. The zero-order valence-corrected chi connectivity index (χ0v) is 12.6. The largest absolute Gasteiger partial charge is 0.316 e. The van der Waals surface area contributed by atoms with E-state index in [1.807, 2.05) is 0 Å². The fraction of sp³-hybridized carbons (Fsp3) is 1.00. The highest BCUT2D eigenvalue weighted by molar-refractivity contribution is 8.00. The Morgan fingerprint density at radius 2 is 1.94 bits per heavy atom. The fourth-order valence-electron chi connectivity index (χ4n) is 3.43. The number of hydrogen-bond acceptors (Lipinski definition) is 3. The first-order chi connectivity index (χ1) is 8.02. The van der Waals surface area contributed by atoms with Gasteiger partial charge in [0.05, 0.1) is 0 Å². The van der Waals surface area contributed by atoms with Crippen molar-refractivity contribution in [3.8, 4) is 0 Å². The van der Waals surface area contributed by atoms with Crippen LogP contribution in [-0.2, 0) is 0 Å². The van der Waals surface area contributed by atoms with E-state index in [0.717, 1.165) is 16.4 Å². The molecule has 2 aliphatic rings. The number of nitrogens with one attached hydrogen (secondary N) is 1. The van der Waals surface area contributed by atoms with Crippen LogP contribution in [0.25, 0.3) is 0 Å². The van der Waals surface area contributed by atoms with Gasteiger partial charge in [-0.2, -0.15) is 11.8 Å². The van der Waals surface area contributed by atoms with Crippen molar-refractivity contribution in [2.75, 3.05) is 32.7 Å². The van der Waals surface area contributed by atoms with Crippen LogP contribution in [-0.4, -0.2) is 48.1 Å². The molecule has 2 saturated heterocycles. The van der Waals surface area contributed by atoms with Crippen LogP contribution in [0.5, 0.6) is 0 Å². The Hall–Kier alpha value is 0.270. The number of thioether (sulfide) groups is 1. The smallest absolute Gasteiger partial charge is 0.0149 e. The SMILES string of the molecule is CC1CN(CC2(C(C)C)CCNC2)CC(C)S1. The van der Waals surface area contributed by atoms with Crippen molar-refractivity contribution in [1.29, 1.82) is 0 Å². The molecule has 2 nitrogen and oxygen atoms in total. The monoisotopic (exact) mass is 256 g/mol. The molecule has 0 saturated carbocycles. The Labute approximate surface area is 111 Å². The van der Waals surface area contributed by atoms with Crippen molar-refractivity contribution in [2.45, 2.75) is 44.6 Å². The van der Waals surface area contributed by atoms with E-state index < -0.39 is 0 Å². The summed E-state index contributed by atoms with van der Waals surface area (Å²) in [5, 5.41) is 5.18. The molecule has 0 amide bonds. The molecule has 2 rings (SSSR count). The second-order valence-electron chi connectivity index (χ2n) is 6.40. The minimum Gasteiger partial charge on any atom is -0.316 e. The molecule has 100 valence electrons. The molecule has 3 unspecified atom stereocenters. The van der Waals surface area contributed by atoms with Gasteiger partial charge in [-0.25, -0.2) is 0 Å². The molecule has 2 heterocycles. The Balaban J connectivity index is 1.98. The lowest BCUT2D eigenvalue weighted by Gasteiger charge is -2.42. The third-order valence-electron chi connectivity index (χ3n) is 4.54. The molecule has 0 aromatic rings. The van der Waals surface area contributed by atoms with Crippen molar-refractivity contribution in [3.05, 3.63) is 0 Å². The predicted molar refractivity (Wildman–Crippen MR) is 77.7 cm³/mol. The average Bonchev–Trinajstić information content (AvgIpc) is 2.65. The van der Waals surface area contributed by atoms with Gasteiger partial charge < -0.3 is 10.2 Å². The molecule has 3 atom stereocenters. The van der Waals surface area contributed by atoms with Crippen molar-refractivity contribution < 1.29 is 0 Å². The quantitative estimate of drug-likeness (QED) is 0.835. The highest BCUT2D eigenvalue weighted by Crippen LogP contribution is 2.36. The summed E-state index contributed by atoms with van der Waals surface area (Å²) in [4.78, 5) is 2.72. The van der Waals surface area contributed by atoms with Gasteiger partial charge in [0, 0.05) is 36.7 Å². The minimum absolute atomic E-state index is 0.529. The molecule has 2 fully saturated rings. The summed E-state index contributed by atoms with van der Waals surface area (Å²) >= 11 is 2.15. The Morgan fingerprint density at radius 1 is 1.29 bits per heavy atom. The molecule has 0 bridgehead atoms. The van der Waals surface area contributed by atoms with Crippen LogP contribution in [0.1, 0.15) is 34.1 Å². The molecule has 2 aliphatic heterocycles. The molecule has 3 heteroatoms. The summed E-state index contributed by atoms with van der Waals surface area (Å²) in [7, 11) is 0. The third-order valence-corrected chi connectivity index (χ3v) is 5.76. The van der Waals surface area contributed by atoms with E-state index in [0.29, 0.717) is 5.41 Å². The molecule has 1 N–H and O–H groups in total. The number of rotatable bonds is 3. The molecule has 0 aromatic carbocycles. The van der Waals surface area contributed by atoms with E-state index in [2.05, 4.69) is 49.7 Å². The average molecular weight is 256 g/mol. The summed E-state index contributed by atoms with van der Waals surface area (Å²) in [5.74, 6) is 0.790. The Kier molecular flexibility index (Phi) is 4.43. The topological polar surface area (TPSA) is 15.3 Å². The highest BCUT2D eigenvalue weighted by atomic mass is 32.2.